The van der Waals surface area contributed by atoms with E-state index in [0.717, 1.165) is 60.6 Å². The van der Waals surface area contributed by atoms with Gasteiger partial charge in [-0.3, -0.25) is 9.55 Å². The molecule has 0 amide bonds. The monoisotopic (exact) mass is 564 g/mol. The Hall–Kier alpha value is -6.14. The number of hydrogen-bond acceptors (Lipinski definition) is 4. The third-order valence-electron chi connectivity index (χ3n) is 8.21. The van der Waals surface area contributed by atoms with Crippen LogP contribution in [0.2, 0.25) is 0 Å². The zero-order valence-corrected chi connectivity index (χ0v) is 23.5. The largest absolute Gasteiger partial charge is 0.306 e. The molecule has 4 aromatic heterocycles. The van der Waals surface area contributed by atoms with E-state index in [9.17, 15) is 0 Å². The lowest BCUT2D eigenvalue weighted by atomic mass is 10.2. The van der Waals surface area contributed by atoms with Gasteiger partial charge in [-0.1, -0.05) is 115 Å². The average Bonchev–Trinajstić information content (AvgIpc) is 3.62. The van der Waals surface area contributed by atoms with E-state index < -0.39 is 0 Å². The second-order valence-electron chi connectivity index (χ2n) is 10.8. The van der Waals surface area contributed by atoms with Crippen LogP contribution in [0, 0.1) is 0 Å². The minimum absolute atomic E-state index is 0.557. The van der Waals surface area contributed by atoms with Crippen LogP contribution in [-0.2, 0) is 0 Å². The van der Waals surface area contributed by atoms with E-state index in [2.05, 4.69) is 81.9 Å². The zero-order valence-electron chi connectivity index (χ0n) is 23.5. The normalized spacial score (nSPS) is 11.6. The van der Waals surface area contributed by atoms with E-state index in [1.54, 1.807) is 0 Å². The molecular weight excluding hydrogens is 540 g/mol. The van der Waals surface area contributed by atoms with Gasteiger partial charge in [-0.15, -0.1) is 0 Å². The minimum atomic E-state index is 0.557. The van der Waals surface area contributed by atoms with Crippen molar-refractivity contribution in [1.82, 2.24) is 29.1 Å². The van der Waals surface area contributed by atoms with Crippen LogP contribution in [0.1, 0.15) is 0 Å². The quantitative estimate of drug-likeness (QED) is 0.214. The van der Waals surface area contributed by atoms with Crippen molar-refractivity contribution in [3.63, 3.8) is 0 Å². The van der Waals surface area contributed by atoms with Crippen LogP contribution in [0.15, 0.2) is 146 Å². The highest BCUT2D eigenvalue weighted by Crippen LogP contribution is 2.40. The number of hydrogen-bond donors (Lipinski definition) is 0. The summed E-state index contributed by atoms with van der Waals surface area (Å²) >= 11 is 0. The van der Waals surface area contributed by atoms with Crippen molar-refractivity contribution in [2.45, 2.75) is 0 Å². The molecule has 0 saturated carbocycles. The van der Waals surface area contributed by atoms with Gasteiger partial charge in [-0.2, -0.15) is 9.97 Å². The van der Waals surface area contributed by atoms with Gasteiger partial charge in [-0.25, -0.2) is 4.98 Å². The van der Waals surface area contributed by atoms with Gasteiger partial charge in [0.25, 0.3) is 0 Å². The van der Waals surface area contributed by atoms with Gasteiger partial charge in [0, 0.05) is 39.2 Å². The molecule has 0 bridgehead atoms. The SMILES string of the molecule is c1ccc(-c2nc(-c3ccccc3)nc(-n3c4ccccc4c4cnc5c6ccccc6n(-c6ccccc6)c5c43)n2)cc1. The third-order valence-corrected chi connectivity index (χ3v) is 8.21. The van der Waals surface area contributed by atoms with Crippen LogP contribution < -0.4 is 0 Å². The Bertz CT molecular complexity index is 2420. The molecular formula is C38H24N6. The molecule has 0 atom stereocenters. The van der Waals surface area contributed by atoms with Crippen molar-refractivity contribution in [1.29, 1.82) is 0 Å². The first-order valence-electron chi connectivity index (χ1n) is 14.6. The van der Waals surface area contributed by atoms with Crippen molar-refractivity contribution >= 4 is 43.7 Å². The maximum Gasteiger partial charge on any atom is 0.238 e. The lowest BCUT2D eigenvalue weighted by Gasteiger charge is -2.13. The summed E-state index contributed by atoms with van der Waals surface area (Å²) in [5.41, 5.74) is 7.96. The number of nitrogens with zero attached hydrogens (tertiary/aromatic N) is 6. The third kappa shape index (κ3) is 3.68. The molecule has 5 aromatic carbocycles. The average molecular weight is 565 g/mol. The van der Waals surface area contributed by atoms with Gasteiger partial charge < -0.3 is 4.57 Å². The summed E-state index contributed by atoms with van der Waals surface area (Å²) in [5.74, 6) is 1.80. The Kier molecular flexibility index (Phi) is 5.40. The van der Waals surface area contributed by atoms with Crippen LogP contribution in [0.3, 0.4) is 0 Å². The topological polar surface area (TPSA) is 61.4 Å². The van der Waals surface area contributed by atoms with Crippen molar-refractivity contribution < 1.29 is 0 Å². The zero-order chi connectivity index (χ0) is 29.0. The maximum atomic E-state index is 5.15. The molecule has 0 unspecified atom stereocenters. The lowest BCUT2D eigenvalue weighted by Crippen LogP contribution is -2.07. The molecule has 0 spiro atoms. The standard InChI is InChI=1S/C38H24N6/c1-4-14-25(15-5-1)36-40-37(26-16-6-2-7-17-26)42-38(41-36)44-31-22-12-10-20-28(31)30-24-39-33-29-21-11-13-23-32(29)43(35(33)34(30)44)27-18-8-3-9-19-27/h1-24H. The Morgan fingerprint density at radius 2 is 0.932 bits per heavy atom. The summed E-state index contributed by atoms with van der Waals surface area (Å²) in [5, 5.41) is 3.22. The van der Waals surface area contributed by atoms with Gasteiger partial charge in [-0.05, 0) is 24.3 Å². The Balaban J connectivity index is 1.48. The lowest BCUT2D eigenvalue weighted by molar-refractivity contribution is 0.953. The molecule has 6 heteroatoms. The van der Waals surface area contributed by atoms with E-state index in [0.29, 0.717) is 17.6 Å². The molecule has 9 rings (SSSR count). The van der Waals surface area contributed by atoms with Crippen LogP contribution in [0.25, 0.3) is 78.2 Å². The van der Waals surface area contributed by atoms with Crippen LogP contribution in [-0.4, -0.2) is 29.1 Å². The molecule has 0 N–H and O–H groups in total. The van der Waals surface area contributed by atoms with Gasteiger partial charge >= 0.3 is 0 Å². The molecule has 0 saturated heterocycles. The molecule has 0 aliphatic heterocycles. The summed E-state index contributed by atoms with van der Waals surface area (Å²) < 4.78 is 4.50. The van der Waals surface area contributed by atoms with E-state index >= 15 is 0 Å². The highest BCUT2D eigenvalue weighted by Gasteiger charge is 2.23. The second kappa shape index (κ2) is 9.71. The highest BCUT2D eigenvalue weighted by molar-refractivity contribution is 6.22. The Morgan fingerprint density at radius 1 is 0.409 bits per heavy atom. The predicted octanol–water partition coefficient (Wildman–Crippen LogP) is 8.79. The second-order valence-corrected chi connectivity index (χ2v) is 10.8. The molecule has 206 valence electrons. The molecule has 9 aromatic rings. The van der Waals surface area contributed by atoms with E-state index in [1.165, 1.54) is 0 Å². The molecule has 4 heterocycles. The number of benzene rings is 5. The van der Waals surface area contributed by atoms with Gasteiger partial charge in [0.05, 0.1) is 27.6 Å². The van der Waals surface area contributed by atoms with Crippen molar-refractivity contribution in [3.8, 4) is 34.4 Å². The van der Waals surface area contributed by atoms with Crippen molar-refractivity contribution in [2.75, 3.05) is 0 Å². The number of rotatable bonds is 4. The van der Waals surface area contributed by atoms with E-state index in [4.69, 9.17) is 19.9 Å². The summed E-state index contributed by atoms with van der Waals surface area (Å²) in [6.45, 7) is 0. The van der Waals surface area contributed by atoms with Gasteiger partial charge in [0.2, 0.25) is 5.95 Å². The van der Waals surface area contributed by atoms with E-state index in [-0.39, 0.29) is 0 Å². The number of pyridine rings is 1. The first kappa shape index (κ1) is 24.5. The molecule has 0 aliphatic carbocycles. The summed E-state index contributed by atoms with van der Waals surface area (Å²) in [6, 6.07) is 47.5. The summed E-state index contributed by atoms with van der Waals surface area (Å²) in [4.78, 5) is 20.3. The highest BCUT2D eigenvalue weighted by atomic mass is 15.2. The summed E-state index contributed by atoms with van der Waals surface area (Å²) in [6.07, 6.45) is 2.00. The van der Waals surface area contributed by atoms with Crippen LogP contribution >= 0.6 is 0 Å². The smallest absolute Gasteiger partial charge is 0.238 e. The predicted molar refractivity (Wildman–Crippen MR) is 177 cm³/mol. The number of fused-ring (bicyclic) bond motifs is 7. The van der Waals surface area contributed by atoms with Crippen molar-refractivity contribution in [2.24, 2.45) is 0 Å². The van der Waals surface area contributed by atoms with E-state index in [1.807, 2.05) is 72.9 Å². The van der Waals surface area contributed by atoms with Gasteiger partial charge in [0.1, 0.15) is 0 Å². The fraction of sp³-hybridized carbons (Fsp3) is 0. The Morgan fingerprint density at radius 3 is 1.57 bits per heavy atom. The molecule has 6 nitrogen and oxygen atoms in total. The Labute approximate surface area is 252 Å². The fourth-order valence-electron chi connectivity index (χ4n) is 6.28. The molecule has 0 aliphatic rings. The number of aromatic nitrogens is 6. The fourth-order valence-corrected chi connectivity index (χ4v) is 6.28. The maximum absolute atomic E-state index is 5.15. The summed E-state index contributed by atoms with van der Waals surface area (Å²) in [7, 11) is 0. The minimum Gasteiger partial charge on any atom is -0.306 e. The van der Waals surface area contributed by atoms with Crippen molar-refractivity contribution in [3.05, 3.63) is 146 Å². The first-order valence-corrected chi connectivity index (χ1v) is 14.6. The van der Waals surface area contributed by atoms with Gasteiger partial charge in [0.15, 0.2) is 11.6 Å². The molecule has 0 fully saturated rings. The first-order chi connectivity index (χ1) is 21.8. The molecule has 0 radical (unpaired) electrons. The number of para-hydroxylation sites is 3. The molecule has 44 heavy (non-hydrogen) atoms. The van der Waals surface area contributed by atoms with Crippen LogP contribution in [0.4, 0.5) is 0 Å². The van der Waals surface area contributed by atoms with Crippen LogP contribution in [0.5, 0.6) is 0 Å².